The van der Waals surface area contributed by atoms with Gasteiger partial charge in [0.25, 0.3) is 0 Å². The summed E-state index contributed by atoms with van der Waals surface area (Å²) in [5.74, 6) is -1.57. The van der Waals surface area contributed by atoms with Crippen molar-refractivity contribution >= 4 is 5.91 Å². The van der Waals surface area contributed by atoms with E-state index in [2.05, 4.69) is 0 Å². The number of nitrogens with two attached hydrogens (primary N) is 1. The van der Waals surface area contributed by atoms with Crippen LogP contribution in [0, 0.1) is 0 Å². The number of hydrogen-bond acceptors (Lipinski definition) is 4. The molecule has 3 N–H and O–H groups in total. The molecule has 13 heavy (non-hydrogen) atoms. The Hall–Kier alpha value is -0.650. The van der Waals surface area contributed by atoms with Gasteiger partial charge in [-0.25, -0.2) is 0 Å². The topological polar surface area (TPSA) is 81.8 Å². The molecule has 0 bridgehead atoms. The Balaban J connectivity index is 2.75. The summed E-state index contributed by atoms with van der Waals surface area (Å²) in [5, 5.41) is 9.44. The van der Waals surface area contributed by atoms with E-state index in [1.165, 1.54) is 0 Å². The highest BCUT2D eigenvalue weighted by Crippen LogP contribution is 2.32. The molecule has 5 heteroatoms. The summed E-state index contributed by atoms with van der Waals surface area (Å²) in [6.45, 7) is 5.18. The van der Waals surface area contributed by atoms with Gasteiger partial charge in [0.15, 0.2) is 11.9 Å². The maximum atomic E-state index is 10.7. The van der Waals surface area contributed by atoms with E-state index in [1.807, 2.05) is 0 Å². The van der Waals surface area contributed by atoms with Crippen LogP contribution in [0.2, 0.25) is 0 Å². The number of amides is 1. The fraction of sp³-hybridized carbons (Fsp3) is 0.875. The molecule has 1 aliphatic heterocycles. The van der Waals surface area contributed by atoms with Gasteiger partial charge in [-0.05, 0) is 20.8 Å². The normalized spacial score (nSPS) is 34.5. The molecule has 1 fully saturated rings. The van der Waals surface area contributed by atoms with Crippen molar-refractivity contribution in [2.24, 2.45) is 5.73 Å². The summed E-state index contributed by atoms with van der Waals surface area (Å²) in [6, 6.07) is 0. The molecule has 76 valence electrons. The standard InChI is InChI=1S/C8H15NO4/c1-7(2)12-4-8(3,13-7)5(10)6(9)11/h5,10H,4H2,1-3H3,(H2,9,11)/t5-,8-/m0/s1. The number of rotatable bonds is 2. The maximum Gasteiger partial charge on any atom is 0.249 e. The number of carbonyl (C=O) groups excluding carboxylic acids is 1. The Bertz CT molecular complexity index is 228. The lowest BCUT2D eigenvalue weighted by molar-refractivity contribution is -0.181. The van der Waals surface area contributed by atoms with Gasteiger partial charge in [0.2, 0.25) is 5.91 Å². The monoisotopic (exact) mass is 189 g/mol. The molecule has 0 radical (unpaired) electrons. The zero-order valence-corrected chi connectivity index (χ0v) is 8.03. The fourth-order valence-corrected chi connectivity index (χ4v) is 1.37. The number of hydrogen-bond donors (Lipinski definition) is 2. The average molecular weight is 189 g/mol. The van der Waals surface area contributed by atoms with Crippen molar-refractivity contribution in [3.8, 4) is 0 Å². The Morgan fingerprint density at radius 1 is 1.54 bits per heavy atom. The molecule has 1 heterocycles. The van der Waals surface area contributed by atoms with E-state index < -0.39 is 23.4 Å². The first-order valence-electron chi connectivity index (χ1n) is 4.08. The summed E-state index contributed by atoms with van der Waals surface area (Å²) in [6.07, 6.45) is -1.34. The Morgan fingerprint density at radius 3 is 2.38 bits per heavy atom. The summed E-state index contributed by atoms with van der Waals surface area (Å²) in [5.41, 5.74) is 3.93. The van der Waals surface area contributed by atoms with Gasteiger partial charge in [0, 0.05) is 0 Å². The van der Waals surface area contributed by atoms with Crippen molar-refractivity contribution in [3.05, 3.63) is 0 Å². The lowest BCUT2D eigenvalue weighted by atomic mass is 10.00. The molecule has 1 aliphatic rings. The SMILES string of the molecule is CC1(C)OC[C@@](C)([C@@H](O)C(N)=O)O1. The van der Waals surface area contributed by atoms with Gasteiger partial charge in [0.1, 0.15) is 5.60 Å². The highest BCUT2D eigenvalue weighted by Gasteiger charge is 2.48. The maximum absolute atomic E-state index is 10.7. The van der Waals surface area contributed by atoms with Gasteiger partial charge in [-0.2, -0.15) is 0 Å². The molecular weight excluding hydrogens is 174 g/mol. The number of primary amides is 1. The Morgan fingerprint density at radius 2 is 2.08 bits per heavy atom. The Labute approximate surface area is 76.8 Å². The number of ether oxygens (including phenoxy) is 2. The van der Waals surface area contributed by atoms with Crippen molar-refractivity contribution in [2.75, 3.05) is 6.61 Å². The first-order chi connectivity index (χ1) is 5.77. The first kappa shape index (κ1) is 10.4. The predicted molar refractivity (Wildman–Crippen MR) is 44.7 cm³/mol. The molecule has 0 aromatic heterocycles. The molecule has 1 amide bonds. The molecule has 0 spiro atoms. The second-order valence-electron chi connectivity index (χ2n) is 3.91. The summed E-state index contributed by atoms with van der Waals surface area (Å²) < 4.78 is 10.6. The van der Waals surface area contributed by atoms with Crippen LogP contribution in [-0.4, -0.2) is 35.1 Å². The molecule has 0 unspecified atom stereocenters. The number of aliphatic hydroxyl groups is 1. The summed E-state index contributed by atoms with van der Waals surface area (Å²) in [4.78, 5) is 10.7. The van der Waals surface area contributed by atoms with Crippen LogP contribution in [0.4, 0.5) is 0 Å². The third-order valence-corrected chi connectivity index (χ3v) is 2.03. The van der Waals surface area contributed by atoms with Crippen molar-refractivity contribution in [2.45, 2.75) is 38.3 Å². The van der Waals surface area contributed by atoms with Crippen LogP contribution in [0.15, 0.2) is 0 Å². The zero-order chi connectivity index (χ0) is 10.3. The minimum atomic E-state index is -1.34. The van der Waals surface area contributed by atoms with E-state index >= 15 is 0 Å². The van der Waals surface area contributed by atoms with E-state index in [1.54, 1.807) is 20.8 Å². The van der Waals surface area contributed by atoms with Crippen LogP contribution in [-0.2, 0) is 14.3 Å². The van der Waals surface area contributed by atoms with Crippen molar-refractivity contribution in [3.63, 3.8) is 0 Å². The molecule has 0 aromatic rings. The second-order valence-corrected chi connectivity index (χ2v) is 3.91. The largest absolute Gasteiger partial charge is 0.380 e. The van der Waals surface area contributed by atoms with Crippen LogP contribution < -0.4 is 5.73 Å². The van der Waals surface area contributed by atoms with E-state index in [4.69, 9.17) is 15.2 Å². The fourth-order valence-electron chi connectivity index (χ4n) is 1.37. The van der Waals surface area contributed by atoms with Gasteiger partial charge >= 0.3 is 0 Å². The van der Waals surface area contributed by atoms with Crippen LogP contribution in [0.5, 0.6) is 0 Å². The van der Waals surface area contributed by atoms with Gasteiger partial charge in [0.05, 0.1) is 6.61 Å². The van der Waals surface area contributed by atoms with Gasteiger partial charge in [-0.1, -0.05) is 0 Å². The Kier molecular flexibility index (Phi) is 2.36. The second kappa shape index (κ2) is 2.94. The summed E-state index contributed by atoms with van der Waals surface area (Å²) >= 11 is 0. The predicted octanol–water partition coefficient (Wildman–Crippen LogP) is -0.626. The quantitative estimate of drug-likeness (QED) is 0.606. The molecule has 5 nitrogen and oxygen atoms in total. The van der Waals surface area contributed by atoms with E-state index in [-0.39, 0.29) is 6.61 Å². The van der Waals surface area contributed by atoms with E-state index in [9.17, 15) is 9.90 Å². The van der Waals surface area contributed by atoms with Crippen LogP contribution in [0.25, 0.3) is 0 Å². The van der Waals surface area contributed by atoms with Crippen LogP contribution >= 0.6 is 0 Å². The highest BCUT2D eigenvalue weighted by atomic mass is 16.8. The van der Waals surface area contributed by atoms with Crippen molar-refractivity contribution < 1.29 is 19.4 Å². The average Bonchev–Trinajstić information content (AvgIpc) is 2.25. The molecular formula is C8H15NO4. The van der Waals surface area contributed by atoms with Gasteiger partial charge in [-0.15, -0.1) is 0 Å². The molecule has 1 saturated heterocycles. The molecule has 2 atom stereocenters. The highest BCUT2D eigenvalue weighted by molar-refractivity contribution is 5.80. The van der Waals surface area contributed by atoms with E-state index in [0.717, 1.165) is 0 Å². The summed E-state index contributed by atoms with van der Waals surface area (Å²) in [7, 11) is 0. The van der Waals surface area contributed by atoms with Crippen molar-refractivity contribution in [1.29, 1.82) is 0 Å². The first-order valence-corrected chi connectivity index (χ1v) is 4.08. The lowest BCUT2D eigenvalue weighted by Crippen LogP contribution is -2.50. The van der Waals surface area contributed by atoms with Gasteiger partial charge < -0.3 is 20.3 Å². The smallest absolute Gasteiger partial charge is 0.249 e. The minimum absolute atomic E-state index is 0.157. The third kappa shape index (κ3) is 1.99. The number of carbonyl (C=O) groups is 1. The molecule has 0 aromatic carbocycles. The van der Waals surface area contributed by atoms with E-state index in [0.29, 0.717) is 0 Å². The molecule has 0 saturated carbocycles. The van der Waals surface area contributed by atoms with Crippen LogP contribution in [0.1, 0.15) is 20.8 Å². The molecule has 1 rings (SSSR count). The zero-order valence-electron chi connectivity index (χ0n) is 8.03. The molecule has 0 aliphatic carbocycles. The van der Waals surface area contributed by atoms with Crippen LogP contribution in [0.3, 0.4) is 0 Å². The minimum Gasteiger partial charge on any atom is -0.380 e. The lowest BCUT2D eigenvalue weighted by Gasteiger charge is -2.27. The number of aliphatic hydroxyl groups excluding tert-OH is 1. The van der Waals surface area contributed by atoms with Gasteiger partial charge in [-0.3, -0.25) is 4.79 Å². The van der Waals surface area contributed by atoms with Crippen molar-refractivity contribution in [1.82, 2.24) is 0 Å². The third-order valence-electron chi connectivity index (χ3n) is 2.03.